The molecule has 5 aliphatic carbocycles. The number of carboxylic acid groups (broad SMARTS) is 1. The first-order valence-corrected chi connectivity index (χ1v) is 33.7. The van der Waals surface area contributed by atoms with Gasteiger partial charge in [-0.15, -0.1) is 0 Å². The lowest BCUT2D eigenvalue weighted by Crippen LogP contribution is -2.51. The SMILES string of the molecule is C.Cc1cc(C2CC2)ncc1B1OC(C)(C)C(C)(C)O1.N#Cc1ccc(C(=O)O)cc1.NC1(c2ccc(Br)cn2)CCC1.[C-]#[N+]c1ccc(C(=O)NC2(c3ccc(-c4cnc(C5CC5)cc4C)cn3)CCC2)cc1.[C-]#[N+]c1ccc(C(=O)NC2(c3ccc(Br)cn3)CCC2)cc1. The Labute approximate surface area is 580 Å². The Balaban J connectivity index is 0.000000148. The molecule has 492 valence electrons. The second-order valence-corrected chi connectivity index (χ2v) is 28.1. The highest BCUT2D eigenvalue weighted by atomic mass is 79.9. The van der Waals surface area contributed by atoms with Crippen molar-refractivity contribution in [3.63, 3.8) is 0 Å². The first-order chi connectivity index (χ1) is 45.4. The van der Waals surface area contributed by atoms with Crippen molar-refractivity contribution in [3.05, 3.63) is 246 Å². The summed E-state index contributed by atoms with van der Waals surface area (Å²) in [6, 6.07) is 37.5. The van der Waals surface area contributed by atoms with E-state index in [0.29, 0.717) is 39.9 Å². The number of aromatic carboxylic acids is 1. The molecule has 0 bridgehead atoms. The lowest BCUT2D eigenvalue weighted by atomic mass is 9.73. The van der Waals surface area contributed by atoms with E-state index in [-0.39, 0.29) is 54.2 Å². The van der Waals surface area contributed by atoms with Gasteiger partial charge in [-0.2, -0.15) is 5.26 Å². The van der Waals surface area contributed by atoms with Crippen LogP contribution in [0.3, 0.4) is 0 Å². The molecule has 5 N–H and O–H groups in total. The van der Waals surface area contributed by atoms with Crippen LogP contribution in [0.5, 0.6) is 0 Å². The van der Waals surface area contributed by atoms with Gasteiger partial charge < -0.3 is 30.8 Å². The number of carbonyl (C=O) groups excluding carboxylic acids is 2. The number of aromatic nitrogens is 5. The highest BCUT2D eigenvalue weighted by molar-refractivity contribution is 9.10. The third-order valence-corrected chi connectivity index (χ3v) is 19.9. The fraction of sp³-hybridized carbons (Fsp3) is 0.355. The minimum absolute atomic E-state index is 0. The highest BCUT2D eigenvalue weighted by Crippen LogP contribution is 2.45. The summed E-state index contributed by atoms with van der Waals surface area (Å²) in [5, 5.41) is 23.2. The van der Waals surface area contributed by atoms with E-state index in [9.17, 15) is 14.4 Å². The van der Waals surface area contributed by atoms with Gasteiger partial charge in [0.2, 0.25) is 0 Å². The van der Waals surface area contributed by atoms with Crippen molar-refractivity contribution < 1.29 is 28.8 Å². The smallest absolute Gasteiger partial charge is 0.478 e. The van der Waals surface area contributed by atoms with Gasteiger partial charge in [0, 0.05) is 90.9 Å². The molecule has 0 spiro atoms. The fourth-order valence-corrected chi connectivity index (χ4v) is 11.9. The van der Waals surface area contributed by atoms with Crippen LogP contribution in [0.25, 0.3) is 20.8 Å². The molecule has 0 unspecified atom stereocenters. The summed E-state index contributed by atoms with van der Waals surface area (Å²) in [6.45, 7) is 26.6. The van der Waals surface area contributed by atoms with Crippen molar-refractivity contribution >= 4 is 73.6 Å². The zero-order chi connectivity index (χ0) is 67.7. The van der Waals surface area contributed by atoms with E-state index in [0.717, 1.165) is 94.0 Å². The lowest BCUT2D eigenvalue weighted by Gasteiger charge is -2.42. The Hall–Kier alpha value is -8.81. The van der Waals surface area contributed by atoms with E-state index in [2.05, 4.69) is 132 Å². The van der Waals surface area contributed by atoms with E-state index in [1.165, 1.54) is 78.9 Å². The maximum absolute atomic E-state index is 12.8. The van der Waals surface area contributed by atoms with Crippen LogP contribution in [0.15, 0.2) is 161 Å². The van der Waals surface area contributed by atoms with Gasteiger partial charge in [-0.25, -0.2) is 14.5 Å². The molecular formula is C76H80BBr2N11O6. The summed E-state index contributed by atoms with van der Waals surface area (Å²) in [5.74, 6) is 0.104. The molecule has 6 aliphatic rings. The number of rotatable bonds is 12. The predicted molar refractivity (Wildman–Crippen MR) is 381 cm³/mol. The molecular weight excluding hydrogens is 1330 g/mol. The van der Waals surface area contributed by atoms with Gasteiger partial charge in [-0.05, 0) is 235 Å². The first kappa shape index (κ1) is 71.5. The molecule has 8 aromatic rings. The lowest BCUT2D eigenvalue weighted by molar-refractivity contribution is 0.00578. The minimum atomic E-state index is -0.977. The second kappa shape index (κ2) is 30.5. The average Bonchev–Trinajstić information content (AvgIpc) is 0.884. The molecule has 17 nitrogen and oxygen atoms in total. The van der Waals surface area contributed by atoms with Gasteiger partial charge in [-0.1, -0.05) is 62.0 Å². The van der Waals surface area contributed by atoms with Crippen molar-refractivity contribution in [1.29, 1.82) is 5.26 Å². The number of nitrogens with one attached hydrogen (secondary N) is 2. The van der Waals surface area contributed by atoms with Gasteiger partial charge in [0.05, 0.1) is 75.2 Å². The maximum Gasteiger partial charge on any atom is 0.496 e. The Kier molecular flexibility index (Phi) is 22.7. The molecule has 3 aromatic carbocycles. The van der Waals surface area contributed by atoms with Crippen molar-refractivity contribution in [2.75, 3.05) is 0 Å². The fourth-order valence-electron chi connectivity index (χ4n) is 11.5. The van der Waals surface area contributed by atoms with Crippen molar-refractivity contribution in [2.24, 2.45) is 5.73 Å². The number of nitrogens with zero attached hydrogens (tertiary/aromatic N) is 8. The van der Waals surface area contributed by atoms with Crippen LogP contribution in [0, 0.1) is 38.3 Å². The Bertz CT molecular complexity index is 4170. The summed E-state index contributed by atoms with van der Waals surface area (Å²) in [6.07, 6.45) is 23.5. The largest absolute Gasteiger partial charge is 0.496 e. The van der Waals surface area contributed by atoms with Crippen LogP contribution in [-0.4, -0.2) is 66.1 Å². The van der Waals surface area contributed by atoms with Crippen LogP contribution in [0.2, 0.25) is 0 Å². The molecule has 0 atom stereocenters. The molecule has 96 heavy (non-hydrogen) atoms. The molecule has 6 heterocycles. The number of halogens is 2. The number of hydrogen-bond donors (Lipinski definition) is 4. The zero-order valence-corrected chi connectivity index (χ0v) is 57.4. The van der Waals surface area contributed by atoms with Crippen molar-refractivity contribution in [3.8, 4) is 17.2 Å². The number of pyridine rings is 5. The number of aryl methyl sites for hydroxylation is 2. The third-order valence-electron chi connectivity index (χ3n) is 19.0. The normalized spacial score (nSPS) is 17.4. The van der Waals surface area contributed by atoms with Crippen LogP contribution < -0.4 is 21.8 Å². The molecule has 1 aliphatic heterocycles. The van der Waals surface area contributed by atoms with E-state index in [4.69, 9.17) is 43.5 Å². The molecule has 1 saturated heterocycles. The second-order valence-electron chi connectivity index (χ2n) is 26.3. The summed E-state index contributed by atoms with van der Waals surface area (Å²) in [4.78, 5) is 65.1. The quantitative estimate of drug-likeness (QED) is 0.0659. The third kappa shape index (κ3) is 17.1. The molecule has 0 radical (unpaired) electrons. The van der Waals surface area contributed by atoms with Gasteiger partial charge in [0.15, 0.2) is 11.4 Å². The van der Waals surface area contributed by atoms with Crippen LogP contribution in [0.4, 0.5) is 11.4 Å². The van der Waals surface area contributed by atoms with E-state index >= 15 is 0 Å². The molecule has 14 rings (SSSR count). The Morgan fingerprint density at radius 1 is 0.583 bits per heavy atom. The van der Waals surface area contributed by atoms with Crippen molar-refractivity contribution in [2.45, 2.75) is 172 Å². The number of nitriles is 1. The Morgan fingerprint density at radius 3 is 1.36 bits per heavy atom. The molecule has 5 aromatic heterocycles. The monoisotopic (exact) mass is 1410 g/mol. The van der Waals surface area contributed by atoms with Crippen LogP contribution in [-0.2, 0) is 25.9 Å². The molecule has 5 saturated carbocycles. The van der Waals surface area contributed by atoms with Gasteiger partial charge in [0.1, 0.15) is 0 Å². The Morgan fingerprint density at radius 2 is 1.01 bits per heavy atom. The summed E-state index contributed by atoms with van der Waals surface area (Å²) in [5.41, 5.74) is 18.4. The number of amides is 2. The first-order valence-electron chi connectivity index (χ1n) is 32.1. The minimum Gasteiger partial charge on any atom is -0.478 e. The standard InChI is InChI=1S/C26H24N4O.C17H14BrN3O.C15H22BNO2.C9H11BrN2.C8H5NO2.CH4/c1-17-14-23(18-4-5-18)28-16-22(17)20-8-11-24(29-15-20)26(12-3-13-26)30-25(31)19-6-9-21(27-2)10-7-19;1-19-14-6-3-12(4-7-14)16(22)21-17(9-2-10-17)15-8-5-13(18)11-20-15;1-10-8-13(11-6-7-11)17-9-12(10)16-18-14(2,3)15(4,5)19-16;10-7-2-3-8(12-6-7)9(11)4-1-5-9;9-5-6-1-3-7(4-2-6)8(10)11;/h6-11,14-16,18H,3-5,12-13H2,1H3,(H,30,31);3-8,11H,2,9-10H2,(H,21,22);8-9,11H,6-7H2,1-5H3;2-3,6H,1,4-5,11H2;1-4H,(H,10,11);1H4. The topological polar surface area (TPSA) is 237 Å². The van der Waals surface area contributed by atoms with Gasteiger partial charge in [0.25, 0.3) is 11.8 Å². The predicted octanol–water partition coefficient (Wildman–Crippen LogP) is 16.5. The number of hydrogen-bond acceptors (Lipinski definition) is 12. The number of carboxylic acids is 1. The van der Waals surface area contributed by atoms with Gasteiger partial charge in [-0.3, -0.25) is 34.5 Å². The number of carbonyl (C=O) groups is 3. The van der Waals surface area contributed by atoms with Crippen LogP contribution >= 0.6 is 31.9 Å². The molecule has 6 fully saturated rings. The average molecular weight is 1410 g/mol. The zero-order valence-electron chi connectivity index (χ0n) is 54.3. The number of benzene rings is 3. The summed E-state index contributed by atoms with van der Waals surface area (Å²) < 4.78 is 14.1. The maximum atomic E-state index is 12.8. The van der Waals surface area contributed by atoms with Gasteiger partial charge >= 0.3 is 13.1 Å². The van der Waals surface area contributed by atoms with E-state index in [1.807, 2.05) is 61.2 Å². The van der Waals surface area contributed by atoms with Crippen molar-refractivity contribution in [1.82, 2.24) is 35.6 Å². The molecule has 2 amide bonds. The highest BCUT2D eigenvalue weighted by Gasteiger charge is 2.52. The molecule has 20 heteroatoms. The van der Waals surface area contributed by atoms with E-state index in [1.54, 1.807) is 54.7 Å². The summed E-state index contributed by atoms with van der Waals surface area (Å²) in [7, 11) is -0.300. The summed E-state index contributed by atoms with van der Waals surface area (Å²) >= 11 is 6.73. The number of nitrogens with two attached hydrogens (primary N) is 1. The van der Waals surface area contributed by atoms with Crippen LogP contribution in [0.1, 0.15) is 207 Å². The van der Waals surface area contributed by atoms with E-state index < -0.39 is 11.5 Å².